The number of anilines is 1. The van der Waals surface area contributed by atoms with Crippen LogP contribution in [0.2, 0.25) is 0 Å². The van der Waals surface area contributed by atoms with Crippen LogP contribution in [0.25, 0.3) is 0 Å². The third kappa shape index (κ3) is 3.87. The van der Waals surface area contributed by atoms with Crippen LogP contribution in [0, 0.1) is 0 Å². The van der Waals surface area contributed by atoms with E-state index in [1.165, 1.54) is 13.3 Å². The Morgan fingerprint density at radius 1 is 1.33 bits per heavy atom. The van der Waals surface area contributed by atoms with E-state index in [0.29, 0.717) is 38.5 Å². The second kappa shape index (κ2) is 7.30. The van der Waals surface area contributed by atoms with Crippen LogP contribution < -0.4 is 4.90 Å². The predicted molar refractivity (Wildman–Crippen MR) is 75.1 cm³/mol. The van der Waals surface area contributed by atoms with E-state index < -0.39 is 12.1 Å². The monoisotopic (exact) mass is 296 g/mol. The number of hydrogen-bond donors (Lipinski definition) is 2. The van der Waals surface area contributed by atoms with Gasteiger partial charge in [0.1, 0.15) is 0 Å². The molecule has 0 spiro atoms. The third-order valence-electron chi connectivity index (χ3n) is 3.41. The quantitative estimate of drug-likeness (QED) is 0.650. The van der Waals surface area contributed by atoms with Gasteiger partial charge in [0, 0.05) is 45.1 Å². The van der Waals surface area contributed by atoms with Crippen molar-refractivity contribution in [2.75, 3.05) is 51.3 Å². The standard InChI is InChI=1S/C13H20N4O4/c1-21-13(20)11-12(15-3-2-14-11)17-6-4-16(5-7-17)8-10(19)9-18/h2-3,10,18-19H,4-9H2,1H3. The first-order valence-corrected chi connectivity index (χ1v) is 6.81. The normalized spacial score (nSPS) is 17.6. The first-order chi connectivity index (χ1) is 10.2. The fourth-order valence-electron chi connectivity index (χ4n) is 2.30. The van der Waals surface area contributed by atoms with Gasteiger partial charge < -0.3 is 19.8 Å². The highest BCUT2D eigenvalue weighted by Gasteiger charge is 2.24. The molecule has 0 radical (unpaired) electrons. The van der Waals surface area contributed by atoms with Crippen molar-refractivity contribution in [2.45, 2.75) is 6.10 Å². The molecule has 1 aliphatic heterocycles. The van der Waals surface area contributed by atoms with E-state index in [9.17, 15) is 9.90 Å². The lowest BCUT2D eigenvalue weighted by Gasteiger charge is -2.36. The summed E-state index contributed by atoms with van der Waals surface area (Å²) in [6.07, 6.45) is 2.28. The lowest BCUT2D eigenvalue weighted by atomic mass is 10.2. The number of aromatic nitrogens is 2. The Balaban J connectivity index is 2.01. The van der Waals surface area contributed by atoms with Crippen LogP contribution in [0.1, 0.15) is 10.5 Å². The number of nitrogens with zero attached hydrogens (tertiary/aromatic N) is 4. The van der Waals surface area contributed by atoms with Crippen LogP contribution in [0.4, 0.5) is 5.82 Å². The zero-order valence-corrected chi connectivity index (χ0v) is 12.0. The Labute approximate surface area is 123 Å². The molecule has 0 amide bonds. The van der Waals surface area contributed by atoms with Crippen molar-refractivity contribution in [1.29, 1.82) is 0 Å². The Kier molecular flexibility index (Phi) is 5.43. The van der Waals surface area contributed by atoms with Gasteiger partial charge in [0.25, 0.3) is 0 Å². The molecule has 0 saturated carbocycles. The zero-order valence-electron chi connectivity index (χ0n) is 12.0. The highest BCUT2D eigenvalue weighted by atomic mass is 16.5. The summed E-state index contributed by atoms with van der Waals surface area (Å²) in [5.41, 5.74) is 0.212. The summed E-state index contributed by atoms with van der Waals surface area (Å²) in [6, 6.07) is 0. The molecule has 1 unspecified atom stereocenters. The smallest absolute Gasteiger partial charge is 0.360 e. The van der Waals surface area contributed by atoms with Gasteiger partial charge in [-0.3, -0.25) is 4.90 Å². The Hall–Kier alpha value is -1.77. The molecular formula is C13H20N4O4. The second-order valence-electron chi connectivity index (χ2n) is 4.84. The van der Waals surface area contributed by atoms with Crippen LogP contribution >= 0.6 is 0 Å². The van der Waals surface area contributed by atoms with Gasteiger partial charge in [-0.1, -0.05) is 0 Å². The van der Waals surface area contributed by atoms with Crippen LogP contribution in [0.3, 0.4) is 0 Å². The van der Waals surface area contributed by atoms with Crippen molar-refractivity contribution in [3.63, 3.8) is 0 Å². The summed E-state index contributed by atoms with van der Waals surface area (Å²) in [4.78, 5) is 24.0. The molecule has 0 aromatic carbocycles. The first kappa shape index (κ1) is 15.6. The number of carbonyl (C=O) groups excluding carboxylic acids is 1. The van der Waals surface area contributed by atoms with E-state index in [1.807, 2.05) is 4.90 Å². The fraction of sp³-hybridized carbons (Fsp3) is 0.615. The highest BCUT2D eigenvalue weighted by molar-refractivity contribution is 5.92. The van der Waals surface area contributed by atoms with E-state index in [2.05, 4.69) is 14.9 Å². The molecule has 0 aliphatic carbocycles. The van der Waals surface area contributed by atoms with Crippen molar-refractivity contribution >= 4 is 11.8 Å². The number of carbonyl (C=O) groups is 1. The fourth-order valence-corrected chi connectivity index (χ4v) is 2.30. The molecule has 8 heteroatoms. The molecule has 1 aliphatic rings. The molecule has 21 heavy (non-hydrogen) atoms. The number of piperazine rings is 1. The minimum Gasteiger partial charge on any atom is -0.464 e. The maximum atomic E-state index is 11.7. The molecule has 1 aromatic rings. The number of β-amino-alcohol motifs (C(OH)–C–C–N with tert-alkyl or cyclic N) is 1. The Bertz CT molecular complexity index is 477. The summed E-state index contributed by atoms with van der Waals surface area (Å²) >= 11 is 0. The van der Waals surface area contributed by atoms with Gasteiger partial charge in [0.15, 0.2) is 11.5 Å². The Morgan fingerprint density at radius 2 is 2.00 bits per heavy atom. The topological polar surface area (TPSA) is 99.0 Å². The third-order valence-corrected chi connectivity index (χ3v) is 3.41. The zero-order chi connectivity index (χ0) is 15.2. The SMILES string of the molecule is COC(=O)c1nccnc1N1CCN(CC(O)CO)CC1. The van der Waals surface area contributed by atoms with Crippen molar-refractivity contribution in [2.24, 2.45) is 0 Å². The molecule has 1 saturated heterocycles. The molecular weight excluding hydrogens is 276 g/mol. The molecule has 116 valence electrons. The average molecular weight is 296 g/mol. The summed E-state index contributed by atoms with van der Waals surface area (Å²) < 4.78 is 4.72. The highest BCUT2D eigenvalue weighted by Crippen LogP contribution is 2.17. The largest absolute Gasteiger partial charge is 0.464 e. The van der Waals surface area contributed by atoms with E-state index in [1.54, 1.807) is 6.20 Å². The molecule has 2 rings (SSSR count). The number of hydrogen-bond acceptors (Lipinski definition) is 8. The maximum Gasteiger partial charge on any atom is 0.360 e. The van der Waals surface area contributed by atoms with E-state index in [0.717, 1.165) is 0 Å². The lowest BCUT2D eigenvalue weighted by Crippen LogP contribution is -2.49. The molecule has 0 bridgehead atoms. The summed E-state index contributed by atoms with van der Waals surface area (Å²) in [6.45, 7) is 2.97. The van der Waals surface area contributed by atoms with Gasteiger partial charge in [-0.15, -0.1) is 0 Å². The van der Waals surface area contributed by atoms with Crippen molar-refractivity contribution in [3.8, 4) is 0 Å². The summed E-state index contributed by atoms with van der Waals surface area (Å²) in [5, 5.41) is 18.3. The van der Waals surface area contributed by atoms with E-state index in [4.69, 9.17) is 9.84 Å². The molecule has 2 heterocycles. The van der Waals surface area contributed by atoms with Gasteiger partial charge in [-0.05, 0) is 0 Å². The summed E-state index contributed by atoms with van der Waals surface area (Å²) in [5.74, 6) is 0.0166. The van der Waals surface area contributed by atoms with Gasteiger partial charge in [-0.25, -0.2) is 14.8 Å². The van der Waals surface area contributed by atoms with E-state index in [-0.39, 0.29) is 12.3 Å². The number of aliphatic hydroxyl groups excluding tert-OH is 2. The van der Waals surface area contributed by atoms with Crippen LogP contribution in [0.5, 0.6) is 0 Å². The average Bonchev–Trinajstić information content (AvgIpc) is 2.54. The Morgan fingerprint density at radius 3 is 2.62 bits per heavy atom. The maximum absolute atomic E-state index is 11.7. The van der Waals surface area contributed by atoms with Gasteiger partial charge in [-0.2, -0.15) is 0 Å². The molecule has 1 fully saturated rings. The molecule has 8 nitrogen and oxygen atoms in total. The number of ether oxygens (including phenoxy) is 1. The van der Waals surface area contributed by atoms with Crippen molar-refractivity contribution in [1.82, 2.24) is 14.9 Å². The van der Waals surface area contributed by atoms with Gasteiger partial charge >= 0.3 is 5.97 Å². The molecule has 2 N–H and O–H groups in total. The summed E-state index contributed by atoms with van der Waals surface area (Å²) in [7, 11) is 1.31. The van der Waals surface area contributed by atoms with Crippen molar-refractivity contribution < 1.29 is 19.7 Å². The predicted octanol–water partition coefficient (Wildman–Crippen LogP) is -1.26. The second-order valence-corrected chi connectivity index (χ2v) is 4.84. The minimum absolute atomic E-state index is 0.212. The van der Waals surface area contributed by atoms with Crippen LogP contribution in [-0.4, -0.2) is 83.6 Å². The lowest BCUT2D eigenvalue weighted by molar-refractivity contribution is 0.0571. The number of methoxy groups -OCH3 is 1. The van der Waals surface area contributed by atoms with Gasteiger partial charge in [0.2, 0.25) is 0 Å². The number of esters is 1. The minimum atomic E-state index is -0.723. The van der Waals surface area contributed by atoms with Crippen molar-refractivity contribution in [3.05, 3.63) is 18.1 Å². The molecule has 1 atom stereocenters. The first-order valence-electron chi connectivity index (χ1n) is 6.81. The van der Waals surface area contributed by atoms with Crippen LogP contribution in [-0.2, 0) is 4.74 Å². The van der Waals surface area contributed by atoms with Gasteiger partial charge in [0.05, 0.1) is 19.8 Å². The van der Waals surface area contributed by atoms with Crippen LogP contribution in [0.15, 0.2) is 12.4 Å². The number of aliphatic hydroxyl groups is 2. The molecule has 1 aromatic heterocycles. The van der Waals surface area contributed by atoms with E-state index >= 15 is 0 Å². The number of rotatable bonds is 5.